The van der Waals surface area contributed by atoms with Gasteiger partial charge in [-0.05, 0) is 17.7 Å². The summed E-state index contributed by atoms with van der Waals surface area (Å²) in [6.07, 6.45) is 0.658. The average molecular weight is 271 g/mol. The van der Waals surface area contributed by atoms with Crippen LogP contribution in [0.5, 0.6) is 0 Å². The van der Waals surface area contributed by atoms with Crippen molar-refractivity contribution in [3.8, 4) is 0 Å². The monoisotopic (exact) mass is 271 g/mol. The fraction of sp³-hybridized carbons (Fsp3) is 0.429. The van der Waals surface area contributed by atoms with Crippen LogP contribution < -0.4 is 5.32 Å². The van der Waals surface area contributed by atoms with Crippen LogP contribution in [0.4, 0.5) is 5.69 Å². The quantitative estimate of drug-likeness (QED) is 0.825. The van der Waals surface area contributed by atoms with Gasteiger partial charge in [-0.15, -0.1) is 0 Å². The molecule has 2 N–H and O–H groups in total. The smallest absolute Gasteiger partial charge is 0.290 e. The lowest BCUT2D eigenvalue weighted by Gasteiger charge is -2.01. The van der Waals surface area contributed by atoms with E-state index in [9.17, 15) is 4.79 Å². The van der Waals surface area contributed by atoms with E-state index >= 15 is 0 Å². The van der Waals surface area contributed by atoms with Crippen LogP contribution in [0.15, 0.2) is 24.3 Å². The molecule has 0 saturated carbocycles. The first-order valence-electron chi connectivity index (χ1n) is 6.14. The van der Waals surface area contributed by atoms with Crippen LogP contribution in [0.3, 0.4) is 0 Å². The Balaban J connectivity index is -0.000000313. The summed E-state index contributed by atoms with van der Waals surface area (Å²) in [6.45, 7) is 8.35. The number of amides is 1. The van der Waals surface area contributed by atoms with Gasteiger partial charge in [0, 0.05) is 12.8 Å². The third-order valence-corrected chi connectivity index (χ3v) is 1.49. The first-order valence-corrected chi connectivity index (χ1v) is 6.14. The second-order valence-electron chi connectivity index (χ2n) is 2.50. The highest BCUT2D eigenvalue weighted by molar-refractivity contribution is 5.70. The van der Waals surface area contributed by atoms with E-state index in [1.807, 2.05) is 52.0 Å². The number of hydrogen-bond acceptors (Lipinski definition) is 3. The number of ether oxygens (including phenoxy) is 1. The second kappa shape index (κ2) is 21.4. The van der Waals surface area contributed by atoms with Crippen molar-refractivity contribution in [1.29, 1.82) is 0 Å². The van der Waals surface area contributed by atoms with Gasteiger partial charge in [-0.1, -0.05) is 39.8 Å². The van der Waals surface area contributed by atoms with Crippen molar-refractivity contribution in [3.63, 3.8) is 0 Å². The zero-order chi connectivity index (χ0) is 15.5. The van der Waals surface area contributed by atoms with Gasteiger partial charge in [0.15, 0.2) is 0 Å². The third-order valence-electron chi connectivity index (χ3n) is 1.49. The number of hydrogen-bond donors (Lipinski definition) is 2. The van der Waals surface area contributed by atoms with E-state index in [0.29, 0.717) is 13.0 Å². The number of anilines is 1. The first kappa shape index (κ1) is 22.3. The van der Waals surface area contributed by atoms with Gasteiger partial charge in [0.25, 0.3) is 6.47 Å². The molecule has 0 fully saturated rings. The van der Waals surface area contributed by atoms with E-state index in [1.54, 1.807) is 7.11 Å². The van der Waals surface area contributed by atoms with Gasteiger partial charge in [-0.3, -0.25) is 9.59 Å². The van der Waals surface area contributed by atoms with Crippen LogP contribution in [0, 0.1) is 0 Å². The zero-order valence-corrected chi connectivity index (χ0v) is 12.3. The minimum absolute atomic E-state index is 0.250. The van der Waals surface area contributed by atoms with Crippen LogP contribution in [0.1, 0.15) is 33.3 Å². The standard InChI is InChI=1S/C9H11NO2.2C2H6.CH2O2/c1-12-6-8-2-4-9(5-3-8)10-7-11;2*1-2;2-1-3/h2-5,7H,6H2,1H3,(H,10,11);2*1-2H3;1H,(H,2,3). The molecule has 0 saturated heterocycles. The van der Waals surface area contributed by atoms with E-state index in [4.69, 9.17) is 14.6 Å². The molecular weight excluding hydrogens is 246 g/mol. The van der Waals surface area contributed by atoms with Gasteiger partial charge in [-0.25, -0.2) is 0 Å². The maximum absolute atomic E-state index is 10.0. The van der Waals surface area contributed by atoms with Crippen LogP contribution in [0.2, 0.25) is 0 Å². The van der Waals surface area contributed by atoms with Crippen molar-refractivity contribution in [2.24, 2.45) is 0 Å². The number of carboxylic acid groups (broad SMARTS) is 1. The van der Waals surface area contributed by atoms with Gasteiger partial charge in [0.05, 0.1) is 6.61 Å². The zero-order valence-electron chi connectivity index (χ0n) is 12.3. The molecule has 0 radical (unpaired) electrons. The van der Waals surface area contributed by atoms with Crippen molar-refractivity contribution >= 4 is 18.6 Å². The van der Waals surface area contributed by atoms with Gasteiger partial charge in [0.2, 0.25) is 6.41 Å². The SMILES string of the molecule is CC.CC.COCc1ccc(NC=O)cc1.O=CO. The van der Waals surface area contributed by atoms with Gasteiger partial charge < -0.3 is 15.2 Å². The molecule has 0 aliphatic carbocycles. The van der Waals surface area contributed by atoms with Gasteiger partial charge in [0.1, 0.15) is 0 Å². The Morgan fingerprint density at radius 3 is 1.84 bits per heavy atom. The highest BCUT2D eigenvalue weighted by Crippen LogP contribution is 2.08. The van der Waals surface area contributed by atoms with E-state index in [2.05, 4.69) is 5.32 Å². The molecule has 19 heavy (non-hydrogen) atoms. The summed E-state index contributed by atoms with van der Waals surface area (Å²) in [6, 6.07) is 7.50. The lowest BCUT2D eigenvalue weighted by molar-refractivity contribution is -0.122. The Morgan fingerprint density at radius 2 is 1.53 bits per heavy atom. The summed E-state index contributed by atoms with van der Waals surface area (Å²) >= 11 is 0. The van der Waals surface area contributed by atoms with Crippen molar-refractivity contribution in [1.82, 2.24) is 0 Å². The Morgan fingerprint density at radius 1 is 1.11 bits per heavy atom. The Kier molecular flexibility index (Phi) is 25.1. The molecular formula is C14H25NO4. The summed E-state index contributed by atoms with van der Waals surface area (Å²) < 4.78 is 4.94. The molecule has 1 aromatic carbocycles. The first-order chi connectivity index (χ1) is 9.28. The maximum Gasteiger partial charge on any atom is 0.290 e. The molecule has 0 spiro atoms. The molecule has 1 amide bonds. The molecule has 0 unspecified atom stereocenters. The Labute approximate surface area is 115 Å². The lowest BCUT2D eigenvalue weighted by atomic mass is 10.2. The van der Waals surface area contributed by atoms with E-state index in [0.717, 1.165) is 11.3 Å². The van der Waals surface area contributed by atoms with Crippen LogP contribution in [0.25, 0.3) is 0 Å². The summed E-state index contributed by atoms with van der Waals surface area (Å²) in [4.78, 5) is 18.4. The Hall–Kier alpha value is -1.88. The van der Waals surface area contributed by atoms with Crippen LogP contribution in [-0.4, -0.2) is 25.1 Å². The summed E-state index contributed by atoms with van der Waals surface area (Å²) in [5.41, 5.74) is 1.89. The largest absolute Gasteiger partial charge is 0.483 e. The second-order valence-corrected chi connectivity index (χ2v) is 2.50. The number of benzene rings is 1. The number of rotatable bonds is 4. The molecule has 1 rings (SSSR count). The highest BCUT2D eigenvalue weighted by atomic mass is 16.5. The number of nitrogens with one attached hydrogen (secondary N) is 1. The number of methoxy groups -OCH3 is 1. The van der Waals surface area contributed by atoms with Gasteiger partial charge in [-0.2, -0.15) is 0 Å². The Bertz CT molecular complexity index is 286. The molecule has 1 aromatic rings. The fourth-order valence-corrected chi connectivity index (χ4v) is 0.932. The molecule has 5 heteroatoms. The van der Waals surface area contributed by atoms with E-state index in [-0.39, 0.29) is 6.47 Å². The molecule has 0 atom stereocenters. The molecule has 0 bridgehead atoms. The summed E-state index contributed by atoms with van der Waals surface area (Å²) in [5.74, 6) is 0. The number of carbonyl (C=O) groups excluding carboxylic acids is 1. The molecule has 0 heterocycles. The maximum atomic E-state index is 10.0. The summed E-state index contributed by atoms with van der Waals surface area (Å²) in [7, 11) is 1.65. The fourth-order valence-electron chi connectivity index (χ4n) is 0.932. The van der Waals surface area contributed by atoms with Crippen molar-refractivity contribution < 1.29 is 19.4 Å². The topological polar surface area (TPSA) is 75.6 Å². The predicted molar refractivity (Wildman–Crippen MR) is 78.2 cm³/mol. The average Bonchev–Trinajstić information content (AvgIpc) is 2.47. The minimum atomic E-state index is -0.250. The van der Waals surface area contributed by atoms with Crippen LogP contribution >= 0.6 is 0 Å². The number of carbonyl (C=O) groups is 2. The van der Waals surface area contributed by atoms with E-state index in [1.165, 1.54) is 0 Å². The molecule has 0 aromatic heterocycles. The van der Waals surface area contributed by atoms with Crippen molar-refractivity contribution in [2.45, 2.75) is 34.3 Å². The summed E-state index contributed by atoms with van der Waals surface area (Å²) in [5, 5.41) is 9.44. The molecule has 5 nitrogen and oxygen atoms in total. The highest BCUT2D eigenvalue weighted by Gasteiger charge is 1.91. The molecule has 110 valence electrons. The lowest BCUT2D eigenvalue weighted by Crippen LogP contribution is -1.94. The normalized spacial score (nSPS) is 7.21. The van der Waals surface area contributed by atoms with Crippen molar-refractivity contribution in [3.05, 3.63) is 29.8 Å². The predicted octanol–water partition coefficient (Wildman–Crippen LogP) is 3.15. The van der Waals surface area contributed by atoms with Crippen LogP contribution in [-0.2, 0) is 20.9 Å². The molecule has 0 aliphatic heterocycles. The third kappa shape index (κ3) is 16.1. The van der Waals surface area contributed by atoms with Gasteiger partial charge >= 0.3 is 0 Å². The minimum Gasteiger partial charge on any atom is -0.483 e. The van der Waals surface area contributed by atoms with E-state index < -0.39 is 0 Å². The molecule has 0 aliphatic rings. The van der Waals surface area contributed by atoms with Crippen molar-refractivity contribution in [2.75, 3.05) is 12.4 Å².